The van der Waals surface area contributed by atoms with Crippen molar-refractivity contribution in [3.8, 4) is 11.4 Å². The van der Waals surface area contributed by atoms with E-state index in [2.05, 4.69) is 16.9 Å². The Hall–Kier alpha value is -2.49. The number of rotatable bonds is 5. The molecule has 1 aromatic carbocycles. The molecule has 2 aromatic rings. The van der Waals surface area contributed by atoms with Crippen LogP contribution in [0.2, 0.25) is 0 Å². The van der Waals surface area contributed by atoms with E-state index in [1.54, 1.807) is 6.08 Å². The van der Waals surface area contributed by atoms with Crippen molar-refractivity contribution in [2.24, 2.45) is 0 Å². The summed E-state index contributed by atoms with van der Waals surface area (Å²) in [7, 11) is 0. The SMILES string of the molecule is CCCc1cnc(-c2ccc(C=CC(=O)O)cc2)nc1. The van der Waals surface area contributed by atoms with Crippen LogP contribution in [-0.2, 0) is 11.2 Å². The van der Waals surface area contributed by atoms with E-state index in [0.29, 0.717) is 5.82 Å². The molecule has 4 heteroatoms. The first kappa shape index (κ1) is 13.9. The van der Waals surface area contributed by atoms with Crippen LogP contribution in [0.15, 0.2) is 42.7 Å². The summed E-state index contributed by atoms with van der Waals surface area (Å²) in [6.07, 6.45) is 8.43. The van der Waals surface area contributed by atoms with Gasteiger partial charge in [0.2, 0.25) is 0 Å². The molecule has 0 unspecified atom stereocenters. The molecule has 0 saturated carbocycles. The summed E-state index contributed by atoms with van der Waals surface area (Å²) in [6, 6.07) is 7.46. The average molecular weight is 268 g/mol. The second-order valence-corrected chi connectivity index (χ2v) is 4.46. The maximum atomic E-state index is 10.4. The second-order valence-electron chi connectivity index (χ2n) is 4.46. The molecule has 0 aliphatic rings. The van der Waals surface area contributed by atoms with Crippen LogP contribution >= 0.6 is 0 Å². The number of carbonyl (C=O) groups is 1. The topological polar surface area (TPSA) is 63.1 Å². The molecule has 0 atom stereocenters. The predicted octanol–water partition coefficient (Wildman–Crippen LogP) is 3.19. The number of benzene rings is 1. The van der Waals surface area contributed by atoms with Gasteiger partial charge in [0.15, 0.2) is 5.82 Å². The third-order valence-corrected chi connectivity index (χ3v) is 2.83. The number of aromatic nitrogens is 2. The Morgan fingerprint density at radius 1 is 1.20 bits per heavy atom. The fraction of sp³-hybridized carbons (Fsp3) is 0.188. The van der Waals surface area contributed by atoms with E-state index in [0.717, 1.165) is 35.6 Å². The summed E-state index contributed by atoms with van der Waals surface area (Å²) >= 11 is 0. The normalized spacial score (nSPS) is 10.8. The Bertz CT molecular complexity index is 601. The smallest absolute Gasteiger partial charge is 0.328 e. The van der Waals surface area contributed by atoms with Gasteiger partial charge in [0.1, 0.15) is 0 Å². The Balaban J connectivity index is 2.15. The second kappa shape index (κ2) is 6.61. The van der Waals surface area contributed by atoms with Crippen LogP contribution in [0, 0.1) is 0 Å². The number of hydrogen-bond acceptors (Lipinski definition) is 3. The molecule has 2 rings (SSSR count). The lowest BCUT2D eigenvalue weighted by Gasteiger charge is -2.02. The highest BCUT2D eigenvalue weighted by Gasteiger charge is 2.01. The van der Waals surface area contributed by atoms with Gasteiger partial charge in [-0.1, -0.05) is 37.6 Å². The molecule has 1 heterocycles. The average Bonchev–Trinajstić information content (AvgIpc) is 2.47. The number of carboxylic acid groups (broad SMARTS) is 1. The highest BCUT2D eigenvalue weighted by Crippen LogP contribution is 2.16. The monoisotopic (exact) mass is 268 g/mol. The highest BCUT2D eigenvalue weighted by atomic mass is 16.4. The summed E-state index contributed by atoms with van der Waals surface area (Å²) in [5.74, 6) is -0.275. The van der Waals surface area contributed by atoms with Gasteiger partial charge in [-0.25, -0.2) is 14.8 Å². The van der Waals surface area contributed by atoms with E-state index in [4.69, 9.17) is 5.11 Å². The summed E-state index contributed by atoms with van der Waals surface area (Å²) in [4.78, 5) is 19.1. The molecule has 1 aromatic heterocycles. The van der Waals surface area contributed by atoms with Crippen LogP contribution in [0.3, 0.4) is 0 Å². The van der Waals surface area contributed by atoms with Gasteiger partial charge in [-0.3, -0.25) is 0 Å². The Morgan fingerprint density at radius 3 is 2.40 bits per heavy atom. The van der Waals surface area contributed by atoms with E-state index in [-0.39, 0.29) is 0 Å². The molecule has 102 valence electrons. The lowest BCUT2D eigenvalue weighted by Crippen LogP contribution is -1.92. The van der Waals surface area contributed by atoms with Crippen LogP contribution in [0.25, 0.3) is 17.5 Å². The Morgan fingerprint density at radius 2 is 1.85 bits per heavy atom. The molecule has 0 fully saturated rings. The number of aryl methyl sites for hydroxylation is 1. The van der Waals surface area contributed by atoms with Crippen LogP contribution in [0.4, 0.5) is 0 Å². The van der Waals surface area contributed by atoms with Crippen molar-refractivity contribution in [3.05, 3.63) is 53.9 Å². The molecular weight excluding hydrogens is 252 g/mol. The van der Waals surface area contributed by atoms with Gasteiger partial charge in [-0.05, 0) is 23.6 Å². The van der Waals surface area contributed by atoms with Gasteiger partial charge >= 0.3 is 5.97 Å². The van der Waals surface area contributed by atoms with Crippen molar-refractivity contribution < 1.29 is 9.90 Å². The zero-order chi connectivity index (χ0) is 14.4. The van der Waals surface area contributed by atoms with Gasteiger partial charge in [0.05, 0.1) is 0 Å². The van der Waals surface area contributed by atoms with Crippen molar-refractivity contribution in [1.29, 1.82) is 0 Å². The molecule has 0 amide bonds. The first-order chi connectivity index (χ1) is 9.69. The van der Waals surface area contributed by atoms with Crippen LogP contribution in [-0.4, -0.2) is 21.0 Å². The molecule has 0 saturated heterocycles. The minimum absolute atomic E-state index is 0.679. The molecular formula is C16H16N2O2. The fourth-order valence-electron chi connectivity index (χ4n) is 1.83. The number of hydrogen-bond donors (Lipinski definition) is 1. The van der Waals surface area contributed by atoms with E-state index >= 15 is 0 Å². The molecule has 0 bridgehead atoms. The number of nitrogens with zero attached hydrogens (tertiary/aromatic N) is 2. The van der Waals surface area contributed by atoms with Crippen LogP contribution < -0.4 is 0 Å². The van der Waals surface area contributed by atoms with E-state index < -0.39 is 5.97 Å². The molecule has 20 heavy (non-hydrogen) atoms. The van der Waals surface area contributed by atoms with Crippen molar-refractivity contribution in [2.75, 3.05) is 0 Å². The minimum atomic E-state index is -0.955. The van der Waals surface area contributed by atoms with Crippen molar-refractivity contribution in [2.45, 2.75) is 19.8 Å². The van der Waals surface area contributed by atoms with Crippen molar-refractivity contribution in [3.63, 3.8) is 0 Å². The third kappa shape index (κ3) is 3.75. The summed E-state index contributed by atoms with van der Waals surface area (Å²) < 4.78 is 0. The maximum Gasteiger partial charge on any atom is 0.328 e. The molecule has 0 spiro atoms. The first-order valence-corrected chi connectivity index (χ1v) is 6.51. The third-order valence-electron chi connectivity index (χ3n) is 2.83. The minimum Gasteiger partial charge on any atom is -0.478 e. The highest BCUT2D eigenvalue weighted by molar-refractivity contribution is 5.85. The van der Waals surface area contributed by atoms with Gasteiger partial charge in [0, 0.05) is 24.0 Å². The first-order valence-electron chi connectivity index (χ1n) is 6.51. The van der Waals surface area contributed by atoms with E-state index in [1.807, 2.05) is 36.7 Å². The Kier molecular flexibility index (Phi) is 4.60. The largest absolute Gasteiger partial charge is 0.478 e. The van der Waals surface area contributed by atoms with E-state index in [9.17, 15) is 4.79 Å². The lowest BCUT2D eigenvalue weighted by atomic mass is 10.1. The van der Waals surface area contributed by atoms with Gasteiger partial charge in [-0.15, -0.1) is 0 Å². The fourth-order valence-corrected chi connectivity index (χ4v) is 1.83. The molecule has 0 aliphatic carbocycles. The quantitative estimate of drug-likeness (QED) is 0.846. The molecule has 4 nitrogen and oxygen atoms in total. The van der Waals surface area contributed by atoms with Crippen molar-refractivity contribution in [1.82, 2.24) is 9.97 Å². The van der Waals surface area contributed by atoms with Gasteiger partial charge < -0.3 is 5.11 Å². The molecule has 0 aliphatic heterocycles. The van der Waals surface area contributed by atoms with Crippen LogP contribution in [0.5, 0.6) is 0 Å². The predicted molar refractivity (Wildman–Crippen MR) is 78.1 cm³/mol. The van der Waals surface area contributed by atoms with Gasteiger partial charge in [-0.2, -0.15) is 0 Å². The maximum absolute atomic E-state index is 10.4. The summed E-state index contributed by atoms with van der Waals surface area (Å²) in [6.45, 7) is 2.12. The standard InChI is InChI=1S/C16H16N2O2/c1-2-3-13-10-17-16(18-11-13)14-7-4-12(5-8-14)6-9-15(19)20/h4-11H,2-3H2,1H3,(H,19,20). The zero-order valence-corrected chi connectivity index (χ0v) is 11.3. The molecule has 1 N–H and O–H groups in total. The number of aliphatic carboxylic acids is 1. The number of carboxylic acids is 1. The molecule has 0 radical (unpaired) electrons. The van der Waals surface area contributed by atoms with Crippen LogP contribution in [0.1, 0.15) is 24.5 Å². The Labute approximate surface area is 117 Å². The summed E-state index contributed by atoms with van der Waals surface area (Å²) in [5, 5.41) is 8.57. The van der Waals surface area contributed by atoms with Crippen molar-refractivity contribution >= 4 is 12.0 Å². The van der Waals surface area contributed by atoms with Gasteiger partial charge in [0.25, 0.3) is 0 Å². The summed E-state index contributed by atoms with van der Waals surface area (Å²) in [5.41, 5.74) is 2.89. The lowest BCUT2D eigenvalue weighted by molar-refractivity contribution is -0.131. The van der Waals surface area contributed by atoms with E-state index in [1.165, 1.54) is 0 Å². The zero-order valence-electron chi connectivity index (χ0n) is 11.3.